The number of fused-ring (bicyclic) bond motifs is 1. The first-order chi connectivity index (χ1) is 14.6. The molecule has 0 bridgehead atoms. The number of furan rings is 1. The lowest BCUT2D eigenvalue weighted by Crippen LogP contribution is -2.25. The number of nitrogens with zero attached hydrogens (tertiary/aromatic N) is 2. The molecule has 0 radical (unpaired) electrons. The number of aromatic nitrogens is 3. The number of H-pyrrole nitrogens is 1. The van der Waals surface area contributed by atoms with E-state index >= 15 is 0 Å². The Labute approximate surface area is 173 Å². The van der Waals surface area contributed by atoms with E-state index in [9.17, 15) is 9.59 Å². The molecule has 0 fully saturated rings. The van der Waals surface area contributed by atoms with Crippen molar-refractivity contribution in [2.75, 3.05) is 5.32 Å². The Morgan fingerprint density at radius 2 is 2.07 bits per heavy atom. The van der Waals surface area contributed by atoms with Gasteiger partial charge in [0.2, 0.25) is 5.91 Å². The maximum absolute atomic E-state index is 12.5. The van der Waals surface area contributed by atoms with Crippen molar-refractivity contribution in [1.82, 2.24) is 20.1 Å². The second-order valence-electron chi connectivity index (χ2n) is 7.09. The van der Waals surface area contributed by atoms with Gasteiger partial charge in [-0.25, -0.2) is 0 Å². The van der Waals surface area contributed by atoms with Crippen LogP contribution < -0.4 is 10.6 Å². The van der Waals surface area contributed by atoms with E-state index in [2.05, 4.69) is 26.8 Å². The zero-order valence-corrected chi connectivity index (χ0v) is 16.6. The summed E-state index contributed by atoms with van der Waals surface area (Å²) in [6, 6.07) is 11.6. The molecule has 0 aliphatic heterocycles. The van der Waals surface area contributed by atoms with Gasteiger partial charge in [0, 0.05) is 36.8 Å². The monoisotopic (exact) mass is 405 g/mol. The number of aryl methyl sites for hydroxylation is 2. The van der Waals surface area contributed by atoms with Gasteiger partial charge in [-0.1, -0.05) is 18.2 Å². The Balaban J connectivity index is 1.32. The Bertz CT molecular complexity index is 1160. The fourth-order valence-corrected chi connectivity index (χ4v) is 3.40. The Morgan fingerprint density at radius 1 is 1.20 bits per heavy atom. The quantitative estimate of drug-likeness (QED) is 0.418. The van der Waals surface area contributed by atoms with E-state index < -0.39 is 0 Å². The van der Waals surface area contributed by atoms with Crippen LogP contribution in [0, 0.1) is 0 Å². The summed E-state index contributed by atoms with van der Waals surface area (Å²) in [5, 5.41) is 10.9. The van der Waals surface area contributed by atoms with Crippen molar-refractivity contribution in [3.05, 3.63) is 72.1 Å². The molecule has 8 heteroatoms. The molecule has 3 heterocycles. The summed E-state index contributed by atoms with van der Waals surface area (Å²) in [7, 11) is 1.70. The summed E-state index contributed by atoms with van der Waals surface area (Å²) in [6.45, 7) is 0.250. The number of carbonyl (C=O) groups is 2. The summed E-state index contributed by atoms with van der Waals surface area (Å²) < 4.78 is 6.71. The van der Waals surface area contributed by atoms with Gasteiger partial charge in [-0.05, 0) is 36.6 Å². The van der Waals surface area contributed by atoms with Crippen LogP contribution in [0.25, 0.3) is 10.9 Å². The zero-order valence-electron chi connectivity index (χ0n) is 16.6. The maximum Gasteiger partial charge on any atom is 0.274 e. The lowest BCUT2D eigenvalue weighted by molar-refractivity contribution is -0.116. The van der Waals surface area contributed by atoms with Crippen molar-refractivity contribution in [2.24, 2.45) is 7.05 Å². The van der Waals surface area contributed by atoms with E-state index in [0.29, 0.717) is 24.3 Å². The molecule has 3 aromatic heterocycles. The Hall–Kier alpha value is -3.81. The Kier molecular flexibility index (Phi) is 5.65. The fourth-order valence-electron chi connectivity index (χ4n) is 3.40. The van der Waals surface area contributed by atoms with Gasteiger partial charge in [-0.3, -0.25) is 14.3 Å². The first-order valence-corrected chi connectivity index (χ1v) is 9.79. The molecule has 2 amide bonds. The van der Waals surface area contributed by atoms with Crippen LogP contribution in [0.3, 0.4) is 0 Å². The molecule has 0 saturated heterocycles. The van der Waals surface area contributed by atoms with Crippen LogP contribution in [0.15, 0.2) is 59.5 Å². The normalized spacial score (nSPS) is 11.0. The summed E-state index contributed by atoms with van der Waals surface area (Å²) in [5.41, 5.74) is 2.86. The number of rotatable bonds is 8. The van der Waals surface area contributed by atoms with Gasteiger partial charge in [0.15, 0.2) is 5.69 Å². The molecular formula is C22H23N5O3. The van der Waals surface area contributed by atoms with Crippen LogP contribution in [0.4, 0.5) is 5.69 Å². The molecule has 4 rings (SSSR count). The predicted octanol–water partition coefficient (Wildman–Crippen LogP) is 3.39. The lowest BCUT2D eigenvalue weighted by atomic mass is 10.1. The van der Waals surface area contributed by atoms with Crippen LogP contribution in [-0.4, -0.2) is 26.6 Å². The second-order valence-corrected chi connectivity index (χ2v) is 7.09. The van der Waals surface area contributed by atoms with E-state index in [1.165, 1.54) is 15.6 Å². The minimum absolute atomic E-state index is 0.150. The molecule has 1 aromatic carbocycles. The number of benzene rings is 1. The standard InChI is InChI=1S/C22H23N5O3/c1-27-14-19(21(26-27)22(29)24-13-16-7-5-11-30-16)25-20(28)10-4-6-15-12-23-18-9-3-2-8-17(15)18/h2-3,5,7-9,11-12,14,23H,4,6,10,13H2,1H3,(H,24,29)(H,25,28). The van der Waals surface area contributed by atoms with E-state index in [-0.39, 0.29) is 24.1 Å². The summed E-state index contributed by atoms with van der Waals surface area (Å²) in [6.07, 6.45) is 7.01. The first-order valence-electron chi connectivity index (χ1n) is 9.79. The third-order valence-corrected chi connectivity index (χ3v) is 4.85. The number of hydrogen-bond acceptors (Lipinski definition) is 4. The average molecular weight is 405 g/mol. The van der Waals surface area contributed by atoms with Gasteiger partial charge < -0.3 is 20.0 Å². The van der Waals surface area contributed by atoms with E-state index in [1.54, 1.807) is 31.6 Å². The minimum Gasteiger partial charge on any atom is -0.467 e. The molecule has 0 atom stereocenters. The highest BCUT2D eigenvalue weighted by Crippen LogP contribution is 2.20. The molecule has 154 valence electrons. The molecule has 0 saturated carbocycles. The number of hydrogen-bond donors (Lipinski definition) is 3. The van der Waals surface area contributed by atoms with Crippen molar-refractivity contribution >= 4 is 28.4 Å². The topological polar surface area (TPSA) is 105 Å². The van der Waals surface area contributed by atoms with Crippen LogP contribution in [0.2, 0.25) is 0 Å². The minimum atomic E-state index is -0.374. The van der Waals surface area contributed by atoms with Crippen LogP contribution in [0.5, 0.6) is 0 Å². The fraction of sp³-hybridized carbons (Fsp3) is 0.227. The first kappa shape index (κ1) is 19.5. The number of para-hydroxylation sites is 1. The summed E-state index contributed by atoms with van der Waals surface area (Å²) in [4.78, 5) is 28.1. The summed E-state index contributed by atoms with van der Waals surface area (Å²) in [5.74, 6) is 0.117. The van der Waals surface area contributed by atoms with Gasteiger partial charge in [-0.2, -0.15) is 5.10 Å². The third kappa shape index (κ3) is 4.43. The number of amides is 2. The van der Waals surface area contributed by atoms with Crippen LogP contribution >= 0.6 is 0 Å². The van der Waals surface area contributed by atoms with Crippen molar-refractivity contribution in [3.8, 4) is 0 Å². The van der Waals surface area contributed by atoms with Gasteiger partial charge in [0.25, 0.3) is 5.91 Å². The van der Waals surface area contributed by atoms with Crippen LogP contribution in [0.1, 0.15) is 34.7 Å². The van der Waals surface area contributed by atoms with Gasteiger partial charge in [-0.15, -0.1) is 0 Å². The highest BCUT2D eigenvalue weighted by Gasteiger charge is 2.18. The largest absolute Gasteiger partial charge is 0.467 e. The third-order valence-electron chi connectivity index (χ3n) is 4.85. The highest BCUT2D eigenvalue weighted by atomic mass is 16.3. The van der Waals surface area contributed by atoms with Crippen molar-refractivity contribution in [3.63, 3.8) is 0 Å². The van der Waals surface area contributed by atoms with Crippen LogP contribution in [-0.2, 0) is 24.8 Å². The Morgan fingerprint density at radius 3 is 2.90 bits per heavy atom. The molecular weight excluding hydrogens is 382 g/mol. The smallest absolute Gasteiger partial charge is 0.274 e. The highest BCUT2D eigenvalue weighted by molar-refractivity contribution is 6.02. The molecule has 4 aromatic rings. The van der Waals surface area contributed by atoms with Crippen molar-refractivity contribution in [2.45, 2.75) is 25.8 Å². The van der Waals surface area contributed by atoms with E-state index in [4.69, 9.17) is 4.42 Å². The molecule has 0 aliphatic carbocycles. The van der Waals surface area contributed by atoms with Gasteiger partial charge >= 0.3 is 0 Å². The second kappa shape index (κ2) is 8.69. The number of anilines is 1. The number of nitrogens with one attached hydrogen (secondary N) is 3. The molecule has 8 nitrogen and oxygen atoms in total. The van der Waals surface area contributed by atoms with Crippen molar-refractivity contribution in [1.29, 1.82) is 0 Å². The van der Waals surface area contributed by atoms with E-state index in [0.717, 1.165) is 11.9 Å². The molecule has 0 aliphatic rings. The molecule has 0 spiro atoms. The SMILES string of the molecule is Cn1cc(NC(=O)CCCc2c[nH]c3ccccc23)c(C(=O)NCc2ccco2)n1. The molecule has 0 unspecified atom stereocenters. The van der Waals surface area contributed by atoms with Crippen molar-refractivity contribution < 1.29 is 14.0 Å². The zero-order chi connectivity index (χ0) is 20.9. The average Bonchev–Trinajstić information content (AvgIpc) is 3.47. The maximum atomic E-state index is 12.5. The lowest BCUT2D eigenvalue weighted by Gasteiger charge is -2.06. The number of aromatic amines is 1. The molecule has 3 N–H and O–H groups in total. The van der Waals surface area contributed by atoms with Gasteiger partial charge in [0.05, 0.1) is 18.5 Å². The van der Waals surface area contributed by atoms with E-state index in [1.807, 2.05) is 24.4 Å². The summed E-state index contributed by atoms with van der Waals surface area (Å²) >= 11 is 0. The van der Waals surface area contributed by atoms with Gasteiger partial charge in [0.1, 0.15) is 5.76 Å². The number of carbonyl (C=O) groups excluding carboxylic acids is 2. The molecule has 30 heavy (non-hydrogen) atoms. The predicted molar refractivity (Wildman–Crippen MR) is 113 cm³/mol.